The Bertz CT molecular complexity index is 516. The summed E-state index contributed by atoms with van der Waals surface area (Å²) in [5.74, 6) is -0.0272. The van der Waals surface area contributed by atoms with Crippen LogP contribution in [0.4, 0.5) is 11.4 Å². The van der Waals surface area contributed by atoms with Crippen molar-refractivity contribution in [2.75, 3.05) is 22.9 Å². The van der Waals surface area contributed by atoms with Crippen LogP contribution in [0.25, 0.3) is 0 Å². The molecule has 1 heterocycles. The van der Waals surface area contributed by atoms with Crippen LogP contribution in [0.3, 0.4) is 0 Å². The van der Waals surface area contributed by atoms with Crippen molar-refractivity contribution in [1.29, 1.82) is 0 Å². The Labute approximate surface area is 127 Å². The minimum Gasteiger partial charge on any atom is -0.372 e. The Kier molecular flexibility index (Phi) is 4.02. The summed E-state index contributed by atoms with van der Waals surface area (Å²) in [6.07, 6.45) is 0.359. The minimum atomic E-state index is -1.17. The number of rotatable bonds is 4. The number of benzene rings is 1. The molecule has 2 rings (SSSR count). The Morgan fingerprint density at radius 2 is 1.67 bits per heavy atom. The van der Waals surface area contributed by atoms with Crippen LogP contribution in [-0.4, -0.2) is 29.8 Å². The number of hydrogen-bond acceptors (Lipinski definition) is 3. The fourth-order valence-electron chi connectivity index (χ4n) is 2.97. The molecule has 1 aliphatic heterocycles. The molecule has 1 aliphatic rings. The third kappa shape index (κ3) is 2.53. The molecule has 21 heavy (non-hydrogen) atoms. The molecule has 1 saturated heterocycles. The Balaban J connectivity index is 2.33. The van der Waals surface area contributed by atoms with Gasteiger partial charge in [0.25, 0.3) is 0 Å². The van der Waals surface area contributed by atoms with E-state index in [1.807, 2.05) is 38.1 Å². The SMILES string of the molecule is CCN(CC)c1ccc(N2C(=O)CC(C)(C)C2(C)O)cc1. The van der Waals surface area contributed by atoms with Gasteiger partial charge in [0.15, 0.2) is 0 Å². The number of amides is 1. The average Bonchev–Trinajstić information content (AvgIpc) is 2.56. The first-order chi connectivity index (χ1) is 9.74. The zero-order valence-corrected chi connectivity index (χ0v) is 13.7. The number of nitrogens with zero attached hydrogens (tertiary/aromatic N) is 2. The van der Waals surface area contributed by atoms with E-state index in [9.17, 15) is 9.90 Å². The first kappa shape index (κ1) is 15.8. The van der Waals surface area contributed by atoms with Crippen molar-refractivity contribution in [3.63, 3.8) is 0 Å². The Morgan fingerprint density at radius 3 is 2.05 bits per heavy atom. The summed E-state index contributed by atoms with van der Waals surface area (Å²) in [5, 5.41) is 10.8. The highest BCUT2D eigenvalue weighted by molar-refractivity contribution is 5.98. The average molecular weight is 290 g/mol. The quantitative estimate of drug-likeness (QED) is 0.927. The van der Waals surface area contributed by atoms with Gasteiger partial charge in [-0.05, 0) is 45.0 Å². The summed E-state index contributed by atoms with van der Waals surface area (Å²) < 4.78 is 0. The smallest absolute Gasteiger partial charge is 0.230 e. The largest absolute Gasteiger partial charge is 0.372 e. The number of carbonyl (C=O) groups is 1. The van der Waals surface area contributed by atoms with Crippen LogP contribution in [0.15, 0.2) is 24.3 Å². The molecule has 4 heteroatoms. The van der Waals surface area contributed by atoms with Gasteiger partial charge in [0.1, 0.15) is 5.72 Å². The van der Waals surface area contributed by atoms with E-state index in [2.05, 4.69) is 18.7 Å². The van der Waals surface area contributed by atoms with Gasteiger partial charge < -0.3 is 10.0 Å². The molecular weight excluding hydrogens is 264 g/mol. The molecule has 0 radical (unpaired) electrons. The van der Waals surface area contributed by atoms with E-state index in [1.54, 1.807) is 6.92 Å². The van der Waals surface area contributed by atoms with Crippen molar-refractivity contribution in [3.05, 3.63) is 24.3 Å². The lowest BCUT2D eigenvalue weighted by molar-refractivity contribution is -0.118. The molecule has 1 fully saturated rings. The summed E-state index contributed by atoms with van der Waals surface area (Å²) in [6.45, 7) is 11.7. The van der Waals surface area contributed by atoms with Crippen LogP contribution >= 0.6 is 0 Å². The fraction of sp³-hybridized carbons (Fsp3) is 0.588. The van der Waals surface area contributed by atoms with Gasteiger partial charge in [0.2, 0.25) is 5.91 Å². The Morgan fingerprint density at radius 1 is 1.14 bits per heavy atom. The van der Waals surface area contributed by atoms with Crippen LogP contribution in [0.2, 0.25) is 0 Å². The number of aliphatic hydroxyl groups is 1. The maximum atomic E-state index is 12.3. The lowest BCUT2D eigenvalue weighted by Gasteiger charge is -2.38. The first-order valence-corrected chi connectivity index (χ1v) is 7.65. The van der Waals surface area contributed by atoms with E-state index in [0.29, 0.717) is 6.42 Å². The highest BCUT2D eigenvalue weighted by atomic mass is 16.3. The highest BCUT2D eigenvalue weighted by Crippen LogP contribution is 2.46. The Hall–Kier alpha value is -1.55. The molecule has 0 saturated carbocycles. The molecular formula is C17H26N2O2. The van der Waals surface area contributed by atoms with Gasteiger partial charge in [-0.15, -0.1) is 0 Å². The second-order valence-electron chi connectivity index (χ2n) is 6.50. The molecule has 1 aromatic carbocycles. The van der Waals surface area contributed by atoms with E-state index in [4.69, 9.17) is 0 Å². The van der Waals surface area contributed by atoms with Crippen molar-refractivity contribution in [1.82, 2.24) is 0 Å². The molecule has 4 nitrogen and oxygen atoms in total. The van der Waals surface area contributed by atoms with Crippen LogP contribution in [0.5, 0.6) is 0 Å². The van der Waals surface area contributed by atoms with Gasteiger partial charge >= 0.3 is 0 Å². The second-order valence-corrected chi connectivity index (χ2v) is 6.50. The maximum Gasteiger partial charge on any atom is 0.230 e. The van der Waals surface area contributed by atoms with Crippen molar-refractivity contribution in [2.24, 2.45) is 5.41 Å². The zero-order chi connectivity index (χ0) is 15.8. The standard InChI is InChI=1S/C17H26N2O2/c1-6-18(7-2)13-8-10-14(11-9-13)19-15(20)12-16(3,4)17(19,5)21/h8-11,21H,6-7,12H2,1-5H3. The van der Waals surface area contributed by atoms with Gasteiger partial charge in [-0.2, -0.15) is 0 Å². The van der Waals surface area contributed by atoms with E-state index >= 15 is 0 Å². The van der Waals surface area contributed by atoms with E-state index in [-0.39, 0.29) is 5.91 Å². The van der Waals surface area contributed by atoms with E-state index in [0.717, 1.165) is 24.5 Å². The molecule has 1 aromatic rings. The number of hydrogen-bond donors (Lipinski definition) is 1. The fourth-order valence-corrected chi connectivity index (χ4v) is 2.97. The molecule has 0 bridgehead atoms. The molecule has 116 valence electrons. The van der Waals surface area contributed by atoms with E-state index in [1.165, 1.54) is 4.90 Å². The predicted molar refractivity (Wildman–Crippen MR) is 86.5 cm³/mol. The van der Waals surface area contributed by atoms with Gasteiger partial charge in [-0.25, -0.2) is 0 Å². The molecule has 1 unspecified atom stereocenters. The first-order valence-electron chi connectivity index (χ1n) is 7.65. The molecule has 1 amide bonds. The van der Waals surface area contributed by atoms with Crippen LogP contribution in [0.1, 0.15) is 41.0 Å². The molecule has 1 atom stereocenters. The normalized spacial score (nSPS) is 24.5. The monoisotopic (exact) mass is 290 g/mol. The summed E-state index contributed by atoms with van der Waals surface area (Å²) >= 11 is 0. The summed E-state index contributed by atoms with van der Waals surface area (Å²) in [4.78, 5) is 16.1. The predicted octanol–water partition coefficient (Wildman–Crippen LogP) is 3.00. The van der Waals surface area contributed by atoms with Crippen molar-refractivity contribution in [3.8, 4) is 0 Å². The van der Waals surface area contributed by atoms with Crippen LogP contribution in [-0.2, 0) is 4.79 Å². The summed E-state index contributed by atoms with van der Waals surface area (Å²) in [6, 6.07) is 7.86. The molecule has 0 aromatic heterocycles. The van der Waals surface area contributed by atoms with Crippen molar-refractivity contribution < 1.29 is 9.90 Å². The summed E-state index contributed by atoms with van der Waals surface area (Å²) in [5.41, 5.74) is 0.267. The van der Waals surface area contributed by atoms with Crippen LogP contribution < -0.4 is 9.80 Å². The van der Waals surface area contributed by atoms with Crippen molar-refractivity contribution >= 4 is 17.3 Å². The minimum absolute atomic E-state index is 0.0272. The third-order valence-corrected chi connectivity index (χ3v) is 4.80. The molecule has 1 N–H and O–H groups in total. The van der Waals surface area contributed by atoms with E-state index < -0.39 is 11.1 Å². The second kappa shape index (κ2) is 5.34. The molecule has 0 spiro atoms. The third-order valence-electron chi connectivity index (χ3n) is 4.80. The zero-order valence-electron chi connectivity index (χ0n) is 13.7. The van der Waals surface area contributed by atoms with Crippen LogP contribution in [0, 0.1) is 5.41 Å². The number of anilines is 2. The lowest BCUT2D eigenvalue weighted by Crippen LogP contribution is -2.50. The topological polar surface area (TPSA) is 43.8 Å². The van der Waals surface area contributed by atoms with Crippen molar-refractivity contribution in [2.45, 2.75) is 46.8 Å². The van der Waals surface area contributed by atoms with Gasteiger partial charge in [-0.1, -0.05) is 13.8 Å². The molecule has 0 aliphatic carbocycles. The van der Waals surface area contributed by atoms with Gasteiger partial charge in [0, 0.05) is 36.3 Å². The van der Waals surface area contributed by atoms with Gasteiger partial charge in [0.05, 0.1) is 0 Å². The number of carbonyl (C=O) groups excluding carboxylic acids is 1. The summed E-state index contributed by atoms with van der Waals surface area (Å²) in [7, 11) is 0. The highest BCUT2D eigenvalue weighted by Gasteiger charge is 2.54. The van der Waals surface area contributed by atoms with Gasteiger partial charge in [-0.3, -0.25) is 9.69 Å². The lowest BCUT2D eigenvalue weighted by atomic mass is 9.82. The maximum absolute atomic E-state index is 12.3.